The van der Waals surface area contributed by atoms with Gasteiger partial charge < -0.3 is 19.3 Å². The van der Waals surface area contributed by atoms with E-state index in [1.54, 1.807) is 14.2 Å². The van der Waals surface area contributed by atoms with Crippen LogP contribution in [0.4, 0.5) is 0 Å². The molecule has 0 spiro atoms. The van der Waals surface area contributed by atoms with Gasteiger partial charge in [0.15, 0.2) is 0 Å². The van der Waals surface area contributed by atoms with E-state index >= 15 is 0 Å². The molecule has 19 heavy (non-hydrogen) atoms. The van der Waals surface area contributed by atoms with Crippen molar-refractivity contribution in [1.29, 1.82) is 0 Å². The van der Waals surface area contributed by atoms with Crippen molar-refractivity contribution in [2.75, 3.05) is 55.5 Å². The Morgan fingerprint density at radius 1 is 0.895 bits per heavy atom. The van der Waals surface area contributed by atoms with Crippen LogP contribution in [0.1, 0.15) is 19.8 Å². The van der Waals surface area contributed by atoms with Crippen molar-refractivity contribution in [2.45, 2.75) is 37.1 Å². The summed E-state index contributed by atoms with van der Waals surface area (Å²) in [5.41, 5.74) is 0. The van der Waals surface area contributed by atoms with Gasteiger partial charge in [0, 0.05) is 27.3 Å². The van der Waals surface area contributed by atoms with Gasteiger partial charge in [-0.15, -0.1) is 0 Å². The first-order chi connectivity index (χ1) is 8.92. The summed E-state index contributed by atoms with van der Waals surface area (Å²) in [6.45, 7) is 3.97. The Morgan fingerprint density at radius 3 is 1.37 bits per heavy atom. The fraction of sp³-hybridized carbons (Fsp3) is 1.00. The Balaban J connectivity index is 0. The Labute approximate surface area is 130 Å². The molecule has 0 rings (SSSR count). The number of rotatable bonds is 9. The number of likely N-dealkylation sites (N-methyl/N-ethyl adjacent to an activating group) is 2. The van der Waals surface area contributed by atoms with Crippen LogP contribution in [0.2, 0.25) is 5.09 Å². The minimum atomic E-state index is 0.123. The molecule has 0 aromatic heterocycles. The van der Waals surface area contributed by atoms with Gasteiger partial charge in [-0.25, -0.2) is 0 Å². The number of unbranched alkanes of at least 4 members (excludes halogenated alkanes) is 1. The molecule has 0 heterocycles. The molecule has 2 unspecified atom stereocenters. The summed E-state index contributed by atoms with van der Waals surface area (Å²) in [7, 11) is 11.6. The summed E-state index contributed by atoms with van der Waals surface area (Å²) in [4.78, 5) is 4.21. The Morgan fingerprint density at radius 2 is 1.26 bits per heavy atom. The third kappa shape index (κ3) is 14.7. The molecule has 0 N–H and O–H groups in total. The molecule has 0 saturated carbocycles. The van der Waals surface area contributed by atoms with Gasteiger partial charge in [0.1, 0.15) is 0 Å². The monoisotopic (exact) mass is 268 g/mol. The fourth-order valence-corrected chi connectivity index (χ4v) is 1.76. The average Bonchev–Trinajstić information content (AvgIpc) is 2.34. The second kappa shape index (κ2) is 14.8. The zero-order chi connectivity index (χ0) is 15.3. The third-order valence-corrected chi connectivity index (χ3v) is 2.82. The quantitative estimate of drug-likeness (QED) is 0.592. The van der Waals surface area contributed by atoms with Crippen molar-refractivity contribution in [3.63, 3.8) is 0 Å². The van der Waals surface area contributed by atoms with Gasteiger partial charge in [0.2, 0.25) is 0 Å². The minimum absolute atomic E-state index is 0.123. The van der Waals surface area contributed by atoms with Crippen molar-refractivity contribution in [3.05, 3.63) is 0 Å². The number of hydrogen-bond donors (Lipinski definition) is 0. The normalized spacial score (nSPS) is 14.3. The average molecular weight is 268 g/mol. The molecule has 0 radical (unpaired) electrons. The van der Waals surface area contributed by atoms with Crippen LogP contribution in [0.25, 0.3) is 0 Å². The maximum absolute atomic E-state index is 5.42. The van der Waals surface area contributed by atoms with E-state index in [2.05, 4.69) is 34.4 Å². The Hall–Kier alpha value is 0.437. The predicted molar refractivity (Wildman–Crippen MR) is 84.2 cm³/mol. The Bertz CT molecular complexity index is 163. The first-order valence-corrected chi connectivity index (χ1v) is 7.27. The van der Waals surface area contributed by atoms with Gasteiger partial charge in [0.05, 0.1) is 12.2 Å². The standard InChI is InChI=1S/C10H24N2O2.C4H9.Li/c1-11(2)7-9(13-5)10(14-6)8-12(3)4;1-3-4-2;/h9-10H,7-8H2,1-6H3;1,3-4H2,2H3;. The fourth-order valence-electron chi connectivity index (χ4n) is 1.76. The molecule has 0 aliphatic heterocycles. The summed E-state index contributed by atoms with van der Waals surface area (Å²) in [6.07, 6.45) is 2.98. The zero-order valence-corrected chi connectivity index (χ0v) is 14.4. The van der Waals surface area contributed by atoms with Crippen molar-refractivity contribution in [2.24, 2.45) is 0 Å². The van der Waals surface area contributed by atoms with Crippen LogP contribution in [0.15, 0.2) is 0 Å². The van der Waals surface area contributed by atoms with E-state index in [0.29, 0.717) is 0 Å². The van der Waals surface area contributed by atoms with Gasteiger partial charge in [-0.1, -0.05) is 0 Å². The van der Waals surface area contributed by atoms with Crippen molar-refractivity contribution in [1.82, 2.24) is 9.80 Å². The molecule has 0 amide bonds. The molecular weight excluding hydrogens is 235 g/mol. The van der Waals surface area contributed by atoms with E-state index in [4.69, 9.17) is 9.47 Å². The van der Waals surface area contributed by atoms with E-state index in [-0.39, 0.29) is 12.2 Å². The van der Waals surface area contributed by atoms with Crippen LogP contribution in [-0.2, 0) is 9.47 Å². The van der Waals surface area contributed by atoms with E-state index in [1.165, 1.54) is 17.9 Å². The molecule has 0 fully saturated rings. The van der Waals surface area contributed by atoms with Gasteiger partial charge in [-0.2, -0.15) is 0 Å². The molecule has 0 bridgehead atoms. The predicted octanol–water partition coefficient (Wildman–Crippen LogP) is 1.51. The summed E-state index contributed by atoms with van der Waals surface area (Å²) in [6, 6.07) is 0. The maximum atomic E-state index is 5.42. The first kappa shape index (κ1) is 21.7. The SMILES string of the molecule is COC(CN(C)C)C(CN(C)C)OC.[Li][CH2]CCC. The molecule has 0 saturated heterocycles. The molecular formula is C14H33LiN2O2. The van der Waals surface area contributed by atoms with Crippen LogP contribution >= 0.6 is 0 Å². The molecule has 0 aromatic rings. The number of hydrogen-bond acceptors (Lipinski definition) is 4. The van der Waals surface area contributed by atoms with Gasteiger partial charge >= 0.3 is 42.6 Å². The summed E-state index contributed by atoms with van der Waals surface area (Å²) in [5.74, 6) is 0. The molecule has 112 valence electrons. The van der Waals surface area contributed by atoms with E-state index < -0.39 is 0 Å². The van der Waals surface area contributed by atoms with Gasteiger partial charge in [-0.05, 0) is 28.2 Å². The van der Waals surface area contributed by atoms with Gasteiger partial charge in [-0.3, -0.25) is 0 Å². The van der Waals surface area contributed by atoms with Crippen LogP contribution < -0.4 is 0 Å². The molecule has 5 heteroatoms. The van der Waals surface area contributed by atoms with E-state index in [1.807, 2.05) is 28.2 Å². The van der Waals surface area contributed by atoms with Crippen molar-refractivity contribution in [3.8, 4) is 0 Å². The molecule has 0 aliphatic carbocycles. The molecule has 4 nitrogen and oxygen atoms in total. The second-order valence-corrected chi connectivity index (χ2v) is 5.43. The second-order valence-electron chi connectivity index (χ2n) is 5.43. The topological polar surface area (TPSA) is 24.9 Å². The molecule has 0 aromatic carbocycles. The third-order valence-electron chi connectivity index (χ3n) is 2.82. The Kier molecular flexibility index (Phi) is 17.0. The summed E-state index contributed by atoms with van der Waals surface area (Å²) < 4.78 is 10.8. The molecule has 0 aliphatic rings. The number of nitrogens with zero attached hydrogens (tertiary/aromatic N) is 2. The van der Waals surface area contributed by atoms with E-state index in [9.17, 15) is 0 Å². The van der Waals surface area contributed by atoms with Crippen LogP contribution in [-0.4, -0.2) is 95.2 Å². The summed E-state index contributed by atoms with van der Waals surface area (Å²) >= 11 is 2.21. The van der Waals surface area contributed by atoms with Crippen molar-refractivity contribution < 1.29 is 9.47 Å². The molecule has 2 atom stereocenters. The van der Waals surface area contributed by atoms with Crippen molar-refractivity contribution >= 4 is 17.7 Å². The number of ether oxygens (including phenoxy) is 2. The number of methoxy groups -OCH3 is 2. The van der Waals surface area contributed by atoms with Crippen LogP contribution in [0.5, 0.6) is 0 Å². The first-order valence-electron chi connectivity index (χ1n) is 7.27. The van der Waals surface area contributed by atoms with E-state index in [0.717, 1.165) is 13.1 Å². The van der Waals surface area contributed by atoms with Crippen LogP contribution in [0, 0.1) is 0 Å². The zero-order valence-electron chi connectivity index (χ0n) is 14.4. The van der Waals surface area contributed by atoms with Crippen LogP contribution in [0.3, 0.4) is 0 Å². The summed E-state index contributed by atoms with van der Waals surface area (Å²) in [5, 5.41) is 1.34. The van der Waals surface area contributed by atoms with Gasteiger partial charge in [0.25, 0.3) is 0 Å².